The molecule has 74 valence electrons. The molecule has 1 heteroatoms. The van der Waals surface area contributed by atoms with Crippen LogP contribution in [0.2, 0.25) is 9.56 Å². The van der Waals surface area contributed by atoms with E-state index in [2.05, 4.69) is 0 Å². The Kier molecular flexibility index (Phi) is 4.20. The maximum atomic E-state index is 1.59. The summed E-state index contributed by atoms with van der Waals surface area (Å²) in [7, 11) is 0. The van der Waals surface area contributed by atoms with Crippen molar-refractivity contribution >= 4 is 15.2 Å². The summed E-state index contributed by atoms with van der Waals surface area (Å²) < 4.78 is 2.41. The van der Waals surface area contributed by atoms with Gasteiger partial charge in [-0.3, -0.25) is 0 Å². The van der Waals surface area contributed by atoms with Gasteiger partial charge < -0.3 is 1.43 Å². The molecule has 2 aliphatic carbocycles. The molecule has 0 spiro atoms. The molecule has 2 rings (SSSR count). The number of rotatable bonds is 2. The molecule has 0 N–H and O–H groups in total. The topological polar surface area (TPSA) is 0 Å². The Bertz CT molecular complexity index is 121. The molecule has 0 aliphatic heterocycles. The van der Waals surface area contributed by atoms with Crippen molar-refractivity contribution in [3.63, 3.8) is 0 Å². The summed E-state index contributed by atoms with van der Waals surface area (Å²) in [6, 6.07) is 0. The fourth-order valence-electron chi connectivity index (χ4n) is 3.04. The minimum atomic E-state index is 0. The Morgan fingerprint density at radius 2 is 1.00 bits per heavy atom. The van der Waals surface area contributed by atoms with Crippen molar-refractivity contribution in [3.8, 4) is 0 Å². The molecule has 0 aromatic rings. The van der Waals surface area contributed by atoms with Crippen LogP contribution in [0.15, 0.2) is 0 Å². The maximum Gasteiger partial charge on any atom is -1.00 e. The Hall–Kier alpha value is 0.532. The van der Waals surface area contributed by atoms with Crippen LogP contribution >= 0.6 is 0 Å². The van der Waals surface area contributed by atoms with Crippen molar-refractivity contribution in [1.29, 1.82) is 0 Å². The molecule has 2 aliphatic rings. The van der Waals surface area contributed by atoms with E-state index < -0.39 is 0 Å². The summed E-state index contributed by atoms with van der Waals surface area (Å²) in [5.41, 5.74) is 0. The third kappa shape index (κ3) is 3.30. The number of hydrogen-bond acceptors (Lipinski definition) is 0. The average molecular weight is 194 g/mol. The Labute approximate surface area is 90.7 Å². The normalized spacial score (nSPS) is 27.1. The maximum absolute atomic E-state index is 1.59. The van der Waals surface area contributed by atoms with Gasteiger partial charge in [0, 0.05) is 0 Å². The predicted octanol–water partition coefficient (Wildman–Crippen LogP) is 4.31. The molecular formula is C12H23Al. The van der Waals surface area contributed by atoms with Crippen molar-refractivity contribution in [3.05, 3.63) is 0 Å². The Morgan fingerprint density at radius 1 is 0.615 bits per heavy atom. The van der Waals surface area contributed by atoms with Gasteiger partial charge in [0.1, 0.15) is 0 Å². The van der Waals surface area contributed by atoms with Crippen LogP contribution in [0, 0.1) is 0 Å². The molecule has 2 saturated carbocycles. The van der Waals surface area contributed by atoms with E-state index in [1.807, 2.05) is 0 Å². The fraction of sp³-hybridized carbons (Fsp3) is 1.00. The summed E-state index contributed by atoms with van der Waals surface area (Å²) in [6.45, 7) is 0. The first-order valence-corrected chi connectivity index (χ1v) is 7.63. The first kappa shape index (κ1) is 10.1. The van der Waals surface area contributed by atoms with Gasteiger partial charge in [-0.1, -0.05) is 0 Å². The van der Waals surface area contributed by atoms with E-state index >= 15 is 0 Å². The zero-order chi connectivity index (χ0) is 8.93. The predicted molar refractivity (Wildman–Crippen MR) is 60.5 cm³/mol. The second-order valence-corrected chi connectivity index (χ2v) is 7.26. The molecule has 0 nitrogen and oxygen atoms in total. The van der Waals surface area contributed by atoms with Gasteiger partial charge in [-0.15, -0.1) is 0 Å². The first-order chi connectivity index (χ1) is 6.45. The second kappa shape index (κ2) is 5.42. The van der Waals surface area contributed by atoms with E-state index in [9.17, 15) is 0 Å². The van der Waals surface area contributed by atoms with Crippen LogP contribution in [0.1, 0.15) is 65.6 Å². The third-order valence-electron chi connectivity index (χ3n) is 3.84. The van der Waals surface area contributed by atoms with Crippen LogP contribution in [-0.2, 0) is 0 Å². The summed E-state index contributed by atoms with van der Waals surface area (Å²) in [6.07, 6.45) is 15.6. The zero-order valence-corrected chi connectivity index (χ0v) is 9.96. The first-order valence-electron chi connectivity index (χ1n) is 6.30. The second-order valence-electron chi connectivity index (χ2n) is 4.99. The SMILES string of the molecule is C1CC[CH]([Al+][CH]2CCCCC2)CC1.[H-]. The number of hydrogen-bond donors (Lipinski definition) is 0. The van der Waals surface area contributed by atoms with E-state index in [1.165, 1.54) is 22.4 Å². The van der Waals surface area contributed by atoms with Crippen LogP contribution in [0.5, 0.6) is 0 Å². The van der Waals surface area contributed by atoms with E-state index in [0.717, 1.165) is 15.2 Å². The minimum Gasteiger partial charge on any atom is -1.00 e. The quantitative estimate of drug-likeness (QED) is 0.575. The van der Waals surface area contributed by atoms with E-state index in [1.54, 1.807) is 51.4 Å². The van der Waals surface area contributed by atoms with Crippen LogP contribution in [0.25, 0.3) is 0 Å². The van der Waals surface area contributed by atoms with Crippen LogP contribution in [-0.4, -0.2) is 15.2 Å². The van der Waals surface area contributed by atoms with Crippen molar-refractivity contribution in [2.45, 2.75) is 73.8 Å². The van der Waals surface area contributed by atoms with Crippen molar-refractivity contribution < 1.29 is 1.43 Å². The largest absolute Gasteiger partial charge is 1.00 e. The molecule has 0 heterocycles. The summed E-state index contributed by atoms with van der Waals surface area (Å²) in [5, 5.41) is 0. The van der Waals surface area contributed by atoms with Gasteiger partial charge in [-0.2, -0.15) is 0 Å². The van der Waals surface area contributed by atoms with Crippen molar-refractivity contribution in [2.24, 2.45) is 0 Å². The molecule has 0 radical (unpaired) electrons. The molecule has 0 bridgehead atoms. The smallest absolute Gasteiger partial charge is 1.00 e. The summed E-state index contributed by atoms with van der Waals surface area (Å²) in [4.78, 5) is 0. The van der Waals surface area contributed by atoms with Gasteiger partial charge in [0.25, 0.3) is 0 Å². The Balaban J connectivity index is 0.000000980. The summed E-state index contributed by atoms with van der Waals surface area (Å²) in [5.74, 6) is 0. The molecule has 0 atom stereocenters. The van der Waals surface area contributed by atoms with E-state index in [-0.39, 0.29) is 1.43 Å². The third-order valence-corrected chi connectivity index (χ3v) is 6.27. The fourth-order valence-corrected chi connectivity index (χ4v) is 5.52. The molecule has 2 fully saturated rings. The van der Waals surface area contributed by atoms with Gasteiger partial charge in [-0.05, 0) is 0 Å². The Morgan fingerprint density at radius 3 is 1.38 bits per heavy atom. The summed E-state index contributed by atoms with van der Waals surface area (Å²) >= 11 is 0.825. The van der Waals surface area contributed by atoms with Gasteiger partial charge in [-0.25, -0.2) is 0 Å². The van der Waals surface area contributed by atoms with E-state index in [4.69, 9.17) is 0 Å². The molecular weight excluding hydrogens is 171 g/mol. The van der Waals surface area contributed by atoms with Crippen LogP contribution in [0.4, 0.5) is 0 Å². The van der Waals surface area contributed by atoms with Gasteiger partial charge >= 0.3 is 89.0 Å². The molecule has 0 unspecified atom stereocenters. The van der Waals surface area contributed by atoms with Gasteiger partial charge in [0.05, 0.1) is 0 Å². The monoisotopic (exact) mass is 194 g/mol. The molecule has 0 aromatic carbocycles. The van der Waals surface area contributed by atoms with Crippen LogP contribution in [0.3, 0.4) is 0 Å². The molecule has 0 saturated heterocycles. The average Bonchev–Trinajstić information content (AvgIpc) is 2.21. The minimum absolute atomic E-state index is 0. The molecule has 13 heavy (non-hydrogen) atoms. The van der Waals surface area contributed by atoms with Crippen LogP contribution < -0.4 is 0 Å². The van der Waals surface area contributed by atoms with Gasteiger partial charge in [0.2, 0.25) is 0 Å². The van der Waals surface area contributed by atoms with Crippen molar-refractivity contribution in [2.75, 3.05) is 0 Å². The van der Waals surface area contributed by atoms with Crippen molar-refractivity contribution in [1.82, 2.24) is 0 Å². The standard InChI is InChI=1S/2C6H11.Al.H/c2*1-2-4-6-5-3-1;;/h2*1H,2-6H2;;/q;;+1;-1. The molecule has 0 aromatic heterocycles. The van der Waals surface area contributed by atoms with Gasteiger partial charge in [0.15, 0.2) is 0 Å². The van der Waals surface area contributed by atoms with E-state index in [0.29, 0.717) is 0 Å². The molecule has 0 amide bonds. The zero-order valence-electron chi connectivity index (χ0n) is 9.80.